The quantitative estimate of drug-likeness (QED) is 0.530. The maximum atomic E-state index is 12.6. The topological polar surface area (TPSA) is 70.7 Å². The fourth-order valence-corrected chi connectivity index (χ4v) is 4.73. The Kier molecular flexibility index (Phi) is 7.24. The van der Waals surface area contributed by atoms with Crippen LogP contribution in [0.2, 0.25) is 0 Å². The molecule has 1 fully saturated rings. The summed E-state index contributed by atoms with van der Waals surface area (Å²) in [5.74, 6) is 0.626. The largest absolute Gasteiger partial charge is 0.492 e. The summed E-state index contributed by atoms with van der Waals surface area (Å²) < 4.78 is 32.5. The highest BCUT2D eigenvalue weighted by Gasteiger charge is 2.25. The van der Waals surface area contributed by atoms with Gasteiger partial charge in [-0.15, -0.1) is 0 Å². The second kappa shape index (κ2) is 9.86. The van der Waals surface area contributed by atoms with Crippen molar-refractivity contribution in [3.8, 4) is 5.75 Å². The van der Waals surface area contributed by atoms with E-state index in [4.69, 9.17) is 17.0 Å². The molecule has 0 atom stereocenters. The zero-order valence-electron chi connectivity index (χ0n) is 15.6. The van der Waals surface area contributed by atoms with Crippen LogP contribution in [0.5, 0.6) is 5.75 Å². The summed E-state index contributed by atoms with van der Waals surface area (Å²) in [7, 11) is -3.40. The summed E-state index contributed by atoms with van der Waals surface area (Å²) in [4.78, 5) is 0.313. The number of rotatable bonds is 7. The molecule has 2 aromatic rings. The van der Waals surface area contributed by atoms with Crippen molar-refractivity contribution in [2.75, 3.05) is 31.6 Å². The molecule has 0 amide bonds. The van der Waals surface area contributed by atoms with Crippen LogP contribution in [0, 0.1) is 0 Å². The van der Waals surface area contributed by atoms with Gasteiger partial charge in [0.2, 0.25) is 10.0 Å². The lowest BCUT2D eigenvalue weighted by molar-refractivity contribution is 0.322. The molecule has 150 valence electrons. The Bertz CT molecular complexity index is 865. The molecule has 0 bridgehead atoms. The van der Waals surface area contributed by atoms with Crippen LogP contribution in [0.1, 0.15) is 19.3 Å². The fraction of sp³-hybridized carbons (Fsp3) is 0.350. The standard InChI is InChI=1S/C20H25N3O3S2/c24-28(25,23-14-5-2-6-15-23)19-11-9-18(10-12-19)26-16-13-21-20(27)22-17-7-3-1-4-8-17/h1,3-4,7-12H,2,5-6,13-16H2,(H2,21,22,27). The summed E-state index contributed by atoms with van der Waals surface area (Å²) in [5.41, 5.74) is 0.923. The first-order valence-electron chi connectivity index (χ1n) is 9.39. The summed E-state index contributed by atoms with van der Waals surface area (Å²) in [6.45, 7) is 2.15. The number of para-hydroxylation sites is 1. The van der Waals surface area contributed by atoms with E-state index in [1.807, 2.05) is 30.3 Å². The van der Waals surface area contributed by atoms with Crippen LogP contribution in [0.4, 0.5) is 5.69 Å². The Morgan fingerprint density at radius 3 is 2.36 bits per heavy atom. The van der Waals surface area contributed by atoms with Gasteiger partial charge < -0.3 is 15.4 Å². The summed E-state index contributed by atoms with van der Waals surface area (Å²) in [6.07, 6.45) is 2.94. The van der Waals surface area contributed by atoms with Gasteiger partial charge in [-0.3, -0.25) is 0 Å². The van der Waals surface area contributed by atoms with Gasteiger partial charge in [0.25, 0.3) is 0 Å². The molecule has 28 heavy (non-hydrogen) atoms. The molecule has 8 heteroatoms. The third-order valence-electron chi connectivity index (χ3n) is 4.46. The van der Waals surface area contributed by atoms with Crippen molar-refractivity contribution in [1.82, 2.24) is 9.62 Å². The number of nitrogens with one attached hydrogen (secondary N) is 2. The van der Waals surface area contributed by atoms with Crippen LogP contribution < -0.4 is 15.4 Å². The second-order valence-electron chi connectivity index (χ2n) is 6.53. The molecule has 1 aliphatic rings. The summed E-state index contributed by atoms with van der Waals surface area (Å²) in [5, 5.41) is 6.69. The number of hydrogen-bond acceptors (Lipinski definition) is 4. The van der Waals surface area contributed by atoms with Crippen LogP contribution in [0.15, 0.2) is 59.5 Å². The molecule has 0 aromatic heterocycles. The lowest BCUT2D eigenvalue weighted by atomic mass is 10.2. The van der Waals surface area contributed by atoms with Gasteiger partial charge in [-0.2, -0.15) is 4.31 Å². The highest BCUT2D eigenvalue weighted by molar-refractivity contribution is 7.89. The van der Waals surface area contributed by atoms with Crippen molar-refractivity contribution in [3.05, 3.63) is 54.6 Å². The first kappa shape index (κ1) is 20.6. The molecule has 0 saturated carbocycles. The number of benzene rings is 2. The van der Waals surface area contributed by atoms with Crippen LogP contribution in [0.25, 0.3) is 0 Å². The lowest BCUT2D eigenvalue weighted by Gasteiger charge is -2.25. The number of piperidine rings is 1. The highest BCUT2D eigenvalue weighted by Crippen LogP contribution is 2.22. The number of anilines is 1. The Hall–Kier alpha value is -2.16. The van der Waals surface area contributed by atoms with Crippen molar-refractivity contribution in [1.29, 1.82) is 0 Å². The van der Waals surface area contributed by atoms with Crippen LogP contribution >= 0.6 is 12.2 Å². The Labute approximate surface area is 171 Å². The molecule has 0 aliphatic carbocycles. The summed E-state index contributed by atoms with van der Waals surface area (Å²) in [6, 6.07) is 16.3. The molecular formula is C20H25N3O3S2. The highest BCUT2D eigenvalue weighted by atomic mass is 32.2. The maximum absolute atomic E-state index is 12.6. The van der Waals surface area contributed by atoms with Gasteiger partial charge >= 0.3 is 0 Å². The molecule has 0 radical (unpaired) electrons. The molecular weight excluding hydrogens is 394 g/mol. The van der Waals surface area contributed by atoms with E-state index >= 15 is 0 Å². The lowest BCUT2D eigenvalue weighted by Crippen LogP contribution is -2.35. The van der Waals surface area contributed by atoms with E-state index in [2.05, 4.69) is 10.6 Å². The van der Waals surface area contributed by atoms with E-state index in [1.54, 1.807) is 28.6 Å². The van der Waals surface area contributed by atoms with Crippen LogP contribution in [-0.4, -0.2) is 44.1 Å². The minimum Gasteiger partial charge on any atom is -0.492 e. The number of hydrogen-bond donors (Lipinski definition) is 2. The molecule has 6 nitrogen and oxygen atoms in total. The van der Waals surface area contributed by atoms with Gasteiger partial charge in [-0.05, 0) is 61.5 Å². The van der Waals surface area contributed by atoms with Crippen molar-refractivity contribution >= 4 is 33.0 Å². The molecule has 2 aromatic carbocycles. The van der Waals surface area contributed by atoms with Crippen LogP contribution in [0.3, 0.4) is 0 Å². The number of thiocarbonyl (C=S) groups is 1. The van der Waals surface area contributed by atoms with E-state index in [-0.39, 0.29) is 0 Å². The number of nitrogens with zero attached hydrogens (tertiary/aromatic N) is 1. The van der Waals surface area contributed by atoms with E-state index < -0.39 is 10.0 Å². The second-order valence-corrected chi connectivity index (χ2v) is 8.88. The van der Waals surface area contributed by atoms with Crippen molar-refractivity contribution in [2.45, 2.75) is 24.2 Å². The number of sulfonamides is 1. The van der Waals surface area contributed by atoms with Gasteiger partial charge in [-0.1, -0.05) is 24.6 Å². The predicted molar refractivity (Wildman–Crippen MR) is 115 cm³/mol. The first-order valence-corrected chi connectivity index (χ1v) is 11.2. The van der Waals surface area contributed by atoms with Gasteiger partial charge in [0.1, 0.15) is 12.4 Å². The molecule has 1 heterocycles. The SMILES string of the molecule is O=S(=O)(c1ccc(OCCNC(=S)Nc2ccccc2)cc1)N1CCCCC1. The Morgan fingerprint density at radius 1 is 1.00 bits per heavy atom. The monoisotopic (exact) mass is 419 g/mol. The molecule has 3 rings (SSSR count). The molecule has 1 saturated heterocycles. The van der Waals surface area contributed by atoms with Crippen molar-refractivity contribution in [3.63, 3.8) is 0 Å². The normalized spacial score (nSPS) is 15.0. The average Bonchev–Trinajstić information content (AvgIpc) is 2.73. The Balaban J connectivity index is 1.43. The number of ether oxygens (including phenoxy) is 1. The molecule has 0 spiro atoms. The van der Waals surface area contributed by atoms with Crippen molar-refractivity contribution < 1.29 is 13.2 Å². The van der Waals surface area contributed by atoms with E-state index in [9.17, 15) is 8.42 Å². The maximum Gasteiger partial charge on any atom is 0.243 e. The minimum atomic E-state index is -3.40. The van der Waals surface area contributed by atoms with Gasteiger partial charge in [-0.25, -0.2) is 8.42 Å². The minimum absolute atomic E-state index is 0.313. The van der Waals surface area contributed by atoms with Crippen molar-refractivity contribution in [2.24, 2.45) is 0 Å². The third-order valence-corrected chi connectivity index (χ3v) is 6.62. The molecule has 1 aliphatic heterocycles. The zero-order valence-corrected chi connectivity index (χ0v) is 17.3. The smallest absolute Gasteiger partial charge is 0.243 e. The first-order chi connectivity index (χ1) is 13.6. The zero-order chi connectivity index (χ0) is 19.8. The van der Waals surface area contributed by atoms with Gasteiger partial charge in [0.15, 0.2) is 5.11 Å². The van der Waals surface area contributed by atoms with E-state index in [1.165, 1.54) is 0 Å². The van der Waals surface area contributed by atoms with E-state index in [0.717, 1.165) is 24.9 Å². The van der Waals surface area contributed by atoms with Crippen LogP contribution in [-0.2, 0) is 10.0 Å². The third kappa shape index (κ3) is 5.67. The van der Waals surface area contributed by atoms with Gasteiger partial charge in [0.05, 0.1) is 11.4 Å². The van der Waals surface area contributed by atoms with Gasteiger partial charge in [0, 0.05) is 18.8 Å². The Morgan fingerprint density at radius 2 is 1.68 bits per heavy atom. The predicted octanol–water partition coefficient (Wildman–Crippen LogP) is 3.23. The molecule has 0 unspecified atom stereocenters. The van der Waals surface area contributed by atoms with E-state index in [0.29, 0.717) is 42.0 Å². The summed E-state index contributed by atoms with van der Waals surface area (Å²) >= 11 is 5.24. The average molecular weight is 420 g/mol. The molecule has 2 N–H and O–H groups in total. The fourth-order valence-electron chi connectivity index (χ4n) is 2.99.